The predicted octanol–water partition coefficient (Wildman–Crippen LogP) is 4.17. The van der Waals surface area contributed by atoms with Gasteiger partial charge in [0.1, 0.15) is 0 Å². The zero-order chi connectivity index (χ0) is 11.5. The Morgan fingerprint density at radius 2 is 2.06 bits per heavy atom. The van der Waals surface area contributed by atoms with Crippen molar-refractivity contribution in [2.24, 2.45) is 0 Å². The van der Waals surface area contributed by atoms with Crippen LogP contribution >= 0.6 is 34.8 Å². The largest absolute Gasteiger partial charge is 0.336 e. The Balaban J connectivity index is 2.14. The number of halogens is 3. The minimum atomic E-state index is -0.149. The summed E-state index contributed by atoms with van der Waals surface area (Å²) in [5.41, 5.74) is 0.949. The third kappa shape index (κ3) is 2.70. The van der Waals surface area contributed by atoms with Crippen LogP contribution in [-0.2, 0) is 6.54 Å². The van der Waals surface area contributed by atoms with Crippen LogP contribution in [0.15, 0.2) is 36.9 Å². The van der Waals surface area contributed by atoms with Crippen LogP contribution in [-0.4, -0.2) is 9.55 Å². The second-order valence-electron chi connectivity index (χ2n) is 3.40. The Labute approximate surface area is 109 Å². The highest BCUT2D eigenvalue weighted by Gasteiger charge is 2.10. The van der Waals surface area contributed by atoms with Crippen molar-refractivity contribution in [2.75, 3.05) is 0 Å². The first-order valence-electron chi connectivity index (χ1n) is 4.71. The van der Waals surface area contributed by atoms with Crippen molar-refractivity contribution < 1.29 is 0 Å². The van der Waals surface area contributed by atoms with E-state index in [0.717, 1.165) is 5.56 Å². The second-order valence-corrected chi connectivity index (χ2v) is 4.74. The number of hydrogen-bond donors (Lipinski definition) is 0. The molecular formula is C11H9Cl3N2. The lowest BCUT2D eigenvalue weighted by Gasteiger charge is -2.11. The summed E-state index contributed by atoms with van der Waals surface area (Å²) < 4.78 is 1.92. The summed E-state index contributed by atoms with van der Waals surface area (Å²) in [6.07, 6.45) is 5.32. The smallest absolute Gasteiger partial charge is 0.0946 e. The third-order valence-electron chi connectivity index (χ3n) is 2.24. The molecule has 0 amide bonds. The van der Waals surface area contributed by atoms with Gasteiger partial charge >= 0.3 is 0 Å². The average Bonchev–Trinajstić information content (AvgIpc) is 2.74. The molecular weight excluding hydrogens is 266 g/mol. The van der Waals surface area contributed by atoms with Gasteiger partial charge in [-0.2, -0.15) is 0 Å². The van der Waals surface area contributed by atoms with E-state index in [0.29, 0.717) is 16.6 Å². The first kappa shape index (κ1) is 11.8. The fraction of sp³-hybridized carbons (Fsp3) is 0.182. The summed E-state index contributed by atoms with van der Waals surface area (Å²) in [6, 6.07) is 5.42. The minimum absolute atomic E-state index is 0.149. The average molecular weight is 276 g/mol. The highest BCUT2D eigenvalue weighted by molar-refractivity contribution is 6.42. The summed E-state index contributed by atoms with van der Waals surface area (Å²) in [5.74, 6) is 0. The molecule has 0 spiro atoms. The maximum Gasteiger partial charge on any atom is 0.0946 e. The molecule has 2 nitrogen and oxygen atoms in total. The summed E-state index contributed by atoms with van der Waals surface area (Å²) in [7, 11) is 0. The molecule has 0 saturated heterocycles. The number of nitrogens with zero attached hydrogens (tertiary/aromatic N) is 2. The van der Waals surface area contributed by atoms with Crippen molar-refractivity contribution in [3.63, 3.8) is 0 Å². The first-order valence-corrected chi connectivity index (χ1v) is 5.91. The van der Waals surface area contributed by atoms with Crippen molar-refractivity contribution in [3.8, 4) is 0 Å². The van der Waals surface area contributed by atoms with E-state index in [4.69, 9.17) is 34.8 Å². The molecule has 5 heteroatoms. The van der Waals surface area contributed by atoms with E-state index in [2.05, 4.69) is 4.98 Å². The van der Waals surface area contributed by atoms with Crippen LogP contribution in [0.1, 0.15) is 10.9 Å². The highest BCUT2D eigenvalue weighted by Crippen LogP contribution is 2.29. The highest BCUT2D eigenvalue weighted by atomic mass is 35.5. The topological polar surface area (TPSA) is 17.8 Å². The van der Waals surface area contributed by atoms with Crippen LogP contribution in [0.4, 0.5) is 0 Å². The van der Waals surface area contributed by atoms with Gasteiger partial charge in [0.15, 0.2) is 0 Å². The molecule has 1 aromatic carbocycles. The molecule has 1 aromatic heterocycles. The van der Waals surface area contributed by atoms with Gasteiger partial charge in [-0.1, -0.05) is 29.3 Å². The lowest BCUT2D eigenvalue weighted by atomic mass is 10.1. The van der Waals surface area contributed by atoms with Gasteiger partial charge in [-0.3, -0.25) is 0 Å². The molecule has 2 aromatic rings. The lowest BCUT2D eigenvalue weighted by Crippen LogP contribution is -2.02. The molecule has 1 heterocycles. The van der Waals surface area contributed by atoms with Gasteiger partial charge in [0.2, 0.25) is 0 Å². The Bertz CT molecular complexity index is 468. The third-order valence-corrected chi connectivity index (χ3v) is 3.36. The van der Waals surface area contributed by atoms with Crippen LogP contribution in [0.5, 0.6) is 0 Å². The molecule has 0 radical (unpaired) electrons. The van der Waals surface area contributed by atoms with Gasteiger partial charge in [0, 0.05) is 18.9 Å². The summed E-state index contributed by atoms with van der Waals surface area (Å²) in [6.45, 7) is 0.652. The maximum absolute atomic E-state index is 6.27. The summed E-state index contributed by atoms with van der Waals surface area (Å²) in [4.78, 5) is 3.96. The van der Waals surface area contributed by atoms with Crippen molar-refractivity contribution >= 4 is 34.8 Å². The summed E-state index contributed by atoms with van der Waals surface area (Å²) in [5, 5.41) is 0.913. The fourth-order valence-electron chi connectivity index (χ4n) is 1.39. The normalized spacial score (nSPS) is 12.7. The molecule has 0 aliphatic rings. The number of hydrogen-bond acceptors (Lipinski definition) is 1. The number of imidazole rings is 1. The van der Waals surface area contributed by atoms with E-state index in [-0.39, 0.29) is 5.38 Å². The zero-order valence-electron chi connectivity index (χ0n) is 8.28. The Morgan fingerprint density at radius 1 is 1.25 bits per heavy atom. The number of alkyl halides is 1. The van der Waals surface area contributed by atoms with Crippen molar-refractivity contribution in [1.29, 1.82) is 0 Å². The van der Waals surface area contributed by atoms with Gasteiger partial charge in [-0.15, -0.1) is 11.6 Å². The van der Waals surface area contributed by atoms with Crippen LogP contribution < -0.4 is 0 Å². The fourth-order valence-corrected chi connectivity index (χ4v) is 1.99. The van der Waals surface area contributed by atoms with E-state index in [9.17, 15) is 0 Å². The zero-order valence-corrected chi connectivity index (χ0v) is 10.5. The minimum Gasteiger partial charge on any atom is -0.336 e. The van der Waals surface area contributed by atoms with Crippen LogP contribution in [0.3, 0.4) is 0 Å². The van der Waals surface area contributed by atoms with Gasteiger partial charge in [0.05, 0.1) is 21.7 Å². The standard InChI is InChI=1S/C11H9Cl3N2/c12-9-2-1-8(5-10(9)13)11(14)6-16-4-3-15-7-16/h1-5,7,11H,6H2. The summed E-state index contributed by atoms with van der Waals surface area (Å²) >= 11 is 18.0. The molecule has 0 bridgehead atoms. The molecule has 0 fully saturated rings. The van der Waals surface area contributed by atoms with E-state index in [1.165, 1.54) is 0 Å². The van der Waals surface area contributed by atoms with Crippen LogP contribution in [0.25, 0.3) is 0 Å². The Hall–Kier alpha value is -0.700. The molecule has 1 atom stereocenters. The predicted molar refractivity (Wildman–Crippen MR) is 67.3 cm³/mol. The molecule has 16 heavy (non-hydrogen) atoms. The number of benzene rings is 1. The lowest BCUT2D eigenvalue weighted by molar-refractivity contribution is 0.677. The van der Waals surface area contributed by atoms with Crippen molar-refractivity contribution in [1.82, 2.24) is 9.55 Å². The quantitative estimate of drug-likeness (QED) is 0.769. The molecule has 0 aliphatic carbocycles. The molecule has 0 saturated carbocycles. The van der Waals surface area contributed by atoms with Crippen LogP contribution in [0, 0.1) is 0 Å². The van der Waals surface area contributed by atoms with Gasteiger partial charge in [-0.25, -0.2) is 4.98 Å². The number of rotatable bonds is 3. The van der Waals surface area contributed by atoms with Crippen LogP contribution in [0.2, 0.25) is 10.0 Å². The van der Waals surface area contributed by atoms with Gasteiger partial charge < -0.3 is 4.57 Å². The first-order chi connectivity index (χ1) is 7.66. The molecule has 1 unspecified atom stereocenters. The monoisotopic (exact) mass is 274 g/mol. The SMILES string of the molecule is Clc1ccc(C(Cl)Cn2ccnc2)cc1Cl. The maximum atomic E-state index is 6.27. The molecule has 84 valence electrons. The van der Waals surface area contributed by atoms with E-state index >= 15 is 0 Å². The van der Waals surface area contributed by atoms with Crippen molar-refractivity contribution in [3.05, 3.63) is 52.5 Å². The van der Waals surface area contributed by atoms with Gasteiger partial charge in [0.25, 0.3) is 0 Å². The Morgan fingerprint density at radius 3 is 2.69 bits per heavy atom. The van der Waals surface area contributed by atoms with E-state index in [1.54, 1.807) is 24.7 Å². The number of aromatic nitrogens is 2. The second kappa shape index (κ2) is 5.09. The molecule has 0 N–H and O–H groups in total. The molecule has 0 aliphatic heterocycles. The van der Waals surface area contributed by atoms with Crippen molar-refractivity contribution in [2.45, 2.75) is 11.9 Å². The molecule has 2 rings (SSSR count). The Kier molecular flexibility index (Phi) is 3.74. The van der Waals surface area contributed by atoms with Gasteiger partial charge in [-0.05, 0) is 17.7 Å². The van der Waals surface area contributed by atoms with E-state index < -0.39 is 0 Å². The van der Waals surface area contributed by atoms with E-state index in [1.807, 2.05) is 16.8 Å².